The molecule has 7 aromatic carbocycles. The van der Waals surface area contributed by atoms with E-state index in [0.717, 1.165) is 0 Å². The van der Waals surface area contributed by atoms with Crippen LogP contribution in [0.3, 0.4) is 0 Å². The normalized spacial score (nSPS) is 11.8. The monoisotopic (exact) mass is 404 g/mol. The number of fused-ring (bicyclic) bond motifs is 2. The molecule has 0 heterocycles. The van der Waals surface area contributed by atoms with E-state index in [1.54, 1.807) is 0 Å². The van der Waals surface area contributed by atoms with Crippen LogP contribution in [0.15, 0.2) is 121 Å². The Balaban J connectivity index is 1.66. The summed E-state index contributed by atoms with van der Waals surface area (Å²) < 4.78 is 0. The molecule has 7 rings (SSSR count). The van der Waals surface area contributed by atoms with Crippen LogP contribution in [0.1, 0.15) is 0 Å². The average Bonchev–Trinajstić information content (AvgIpc) is 2.87. The molecule has 0 saturated heterocycles. The summed E-state index contributed by atoms with van der Waals surface area (Å²) in [4.78, 5) is 0. The van der Waals surface area contributed by atoms with Crippen LogP contribution in [-0.2, 0) is 0 Å². The first-order valence-corrected chi connectivity index (χ1v) is 11.1. The van der Waals surface area contributed by atoms with Crippen molar-refractivity contribution in [2.45, 2.75) is 0 Å². The highest BCUT2D eigenvalue weighted by atomic mass is 14.2. The first kappa shape index (κ1) is 17.5. The lowest BCUT2D eigenvalue weighted by molar-refractivity contribution is 1.66. The van der Waals surface area contributed by atoms with E-state index in [9.17, 15) is 0 Å². The van der Waals surface area contributed by atoms with Crippen molar-refractivity contribution in [2.75, 3.05) is 0 Å². The summed E-state index contributed by atoms with van der Waals surface area (Å²) in [6, 6.07) is 44.2. The lowest BCUT2D eigenvalue weighted by atomic mass is 9.85. The summed E-state index contributed by atoms with van der Waals surface area (Å²) in [5.74, 6) is 0. The van der Waals surface area contributed by atoms with Crippen molar-refractivity contribution < 1.29 is 0 Å². The van der Waals surface area contributed by atoms with Gasteiger partial charge in [0.2, 0.25) is 0 Å². The van der Waals surface area contributed by atoms with Gasteiger partial charge in [0.25, 0.3) is 0 Å². The lowest BCUT2D eigenvalue weighted by Gasteiger charge is -2.18. The van der Waals surface area contributed by atoms with Gasteiger partial charge in [-0.2, -0.15) is 0 Å². The molecule has 0 atom stereocenters. The van der Waals surface area contributed by atoms with Crippen LogP contribution in [0, 0.1) is 0 Å². The zero-order valence-electron chi connectivity index (χ0n) is 17.5. The number of benzene rings is 7. The van der Waals surface area contributed by atoms with Gasteiger partial charge in [0, 0.05) is 0 Å². The third-order valence-electron chi connectivity index (χ3n) is 6.83. The van der Waals surface area contributed by atoms with Gasteiger partial charge in [-0.15, -0.1) is 0 Å². The van der Waals surface area contributed by atoms with Crippen molar-refractivity contribution in [3.8, 4) is 22.3 Å². The molecule has 0 saturated carbocycles. The van der Waals surface area contributed by atoms with Gasteiger partial charge in [-0.05, 0) is 65.3 Å². The largest absolute Gasteiger partial charge is 0.0622 e. The molecule has 0 amide bonds. The predicted octanol–water partition coefficient (Wildman–Crippen LogP) is 9.07. The molecule has 0 fully saturated rings. The van der Waals surface area contributed by atoms with Gasteiger partial charge >= 0.3 is 0 Å². The van der Waals surface area contributed by atoms with Gasteiger partial charge in [0.05, 0.1) is 0 Å². The highest BCUT2D eigenvalue weighted by Crippen LogP contribution is 2.44. The lowest BCUT2D eigenvalue weighted by Crippen LogP contribution is -1.90. The summed E-state index contributed by atoms with van der Waals surface area (Å²) >= 11 is 0. The van der Waals surface area contributed by atoms with Crippen LogP contribution in [0.25, 0.3) is 65.3 Å². The van der Waals surface area contributed by atoms with E-state index < -0.39 is 0 Å². The maximum absolute atomic E-state index is 2.32. The molecule has 0 unspecified atom stereocenters. The summed E-state index contributed by atoms with van der Waals surface area (Å²) in [5.41, 5.74) is 5.12. The molecule has 0 heteroatoms. The molecule has 0 spiro atoms. The van der Waals surface area contributed by atoms with Crippen molar-refractivity contribution in [3.63, 3.8) is 0 Å². The summed E-state index contributed by atoms with van der Waals surface area (Å²) in [5, 5.41) is 10.7. The number of hydrogen-bond acceptors (Lipinski definition) is 0. The molecule has 32 heavy (non-hydrogen) atoms. The Labute approximate surface area is 186 Å². The minimum absolute atomic E-state index is 1.26. The fourth-order valence-electron chi connectivity index (χ4n) is 5.45. The SMILES string of the molecule is c1ccc(-c2ccc3c4ccc(-c5ccccc5)c5cccc(c6cccc2c63)c54)cc1. The molecule has 148 valence electrons. The molecule has 0 aliphatic carbocycles. The van der Waals surface area contributed by atoms with E-state index in [2.05, 4.69) is 121 Å². The Hall–Kier alpha value is -4.16. The summed E-state index contributed by atoms with van der Waals surface area (Å²) in [7, 11) is 0. The van der Waals surface area contributed by atoms with Gasteiger partial charge in [-0.25, -0.2) is 0 Å². The van der Waals surface area contributed by atoms with E-state index in [-0.39, 0.29) is 0 Å². The number of rotatable bonds is 2. The second-order valence-electron chi connectivity index (χ2n) is 8.51. The van der Waals surface area contributed by atoms with Gasteiger partial charge in [0.15, 0.2) is 0 Å². The molecule has 0 nitrogen and oxygen atoms in total. The molecule has 0 N–H and O–H groups in total. The van der Waals surface area contributed by atoms with Crippen molar-refractivity contribution in [2.24, 2.45) is 0 Å². The fraction of sp³-hybridized carbons (Fsp3) is 0. The maximum atomic E-state index is 2.32. The van der Waals surface area contributed by atoms with Crippen LogP contribution in [0.5, 0.6) is 0 Å². The first-order valence-electron chi connectivity index (χ1n) is 11.1. The van der Waals surface area contributed by atoms with Crippen molar-refractivity contribution in [3.05, 3.63) is 121 Å². The third-order valence-corrected chi connectivity index (χ3v) is 6.83. The standard InChI is InChI=1S/C32H20/c1-3-9-21(10-4-1)23-17-19-29-30-20-18-24(22-11-5-2-6-12-22)26-14-8-16-28(32(26)30)27-15-7-13-25(23)31(27)29/h1-20H. The molecule has 0 aliphatic heterocycles. The maximum Gasteiger partial charge on any atom is -0.00201 e. The van der Waals surface area contributed by atoms with Crippen molar-refractivity contribution in [1.82, 2.24) is 0 Å². The highest BCUT2D eigenvalue weighted by Gasteiger charge is 2.16. The molecule has 0 bridgehead atoms. The highest BCUT2D eigenvalue weighted by molar-refractivity contribution is 6.35. The van der Waals surface area contributed by atoms with Crippen LogP contribution in [-0.4, -0.2) is 0 Å². The van der Waals surface area contributed by atoms with Crippen LogP contribution in [0.2, 0.25) is 0 Å². The molecular weight excluding hydrogens is 384 g/mol. The Bertz CT molecular complexity index is 1590. The van der Waals surface area contributed by atoms with Crippen LogP contribution < -0.4 is 0 Å². The summed E-state index contributed by atoms with van der Waals surface area (Å²) in [6.45, 7) is 0. The van der Waals surface area contributed by atoms with Crippen molar-refractivity contribution >= 4 is 43.1 Å². The first-order chi connectivity index (χ1) is 15.9. The van der Waals surface area contributed by atoms with Crippen LogP contribution >= 0.6 is 0 Å². The van der Waals surface area contributed by atoms with E-state index in [1.165, 1.54) is 65.3 Å². The molecule has 0 aromatic heterocycles. The van der Waals surface area contributed by atoms with Crippen LogP contribution in [0.4, 0.5) is 0 Å². The minimum Gasteiger partial charge on any atom is -0.0622 e. The molecule has 0 aliphatic rings. The van der Waals surface area contributed by atoms with Crippen molar-refractivity contribution in [1.29, 1.82) is 0 Å². The Morgan fingerprint density at radius 1 is 0.250 bits per heavy atom. The minimum atomic E-state index is 1.26. The van der Waals surface area contributed by atoms with E-state index in [0.29, 0.717) is 0 Å². The number of hydrogen-bond donors (Lipinski definition) is 0. The van der Waals surface area contributed by atoms with E-state index in [4.69, 9.17) is 0 Å². The second kappa shape index (κ2) is 6.67. The zero-order valence-corrected chi connectivity index (χ0v) is 17.5. The Kier molecular flexibility index (Phi) is 3.65. The quantitative estimate of drug-likeness (QED) is 0.199. The van der Waals surface area contributed by atoms with E-state index >= 15 is 0 Å². The Morgan fingerprint density at radius 2 is 0.625 bits per heavy atom. The third kappa shape index (κ3) is 2.38. The Morgan fingerprint density at radius 3 is 1.06 bits per heavy atom. The van der Waals surface area contributed by atoms with Gasteiger partial charge in [-0.3, -0.25) is 0 Å². The smallest absolute Gasteiger partial charge is 0.00201 e. The predicted molar refractivity (Wildman–Crippen MR) is 139 cm³/mol. The molecule has 0 radical (unpaired) electrons. The zero-order chi connectivity index (χ0) is 21.1. The summed E-state index contributed by atoms with van der Waals surface area (Å²) in [6.07, 6.45) is 0. The second-order valence-corrected chi connectivity index (χ2v) is 8.51. The topological polar surface area (TPSA) is 0 Å². The average molecular weight is 405 g/mol. The van der Waals surface area contributed by atoms with Gasteiger partial charge in [-0.1, -0.05) is 121 Å². The van der Waals surface area contributed by atoms with Gasteiger partial charge in [0.1, 0.15) is 0 Å². The van der Waals surface area contributed by atoms with E-state index in [1.807, 2.05) is 0 Å². The molecule has 7 aromatic rings. The van der Waals surface area contributed by atoms with Gasteiger partial charge < -0.3 is 0 Å². The molecular formula is C32H20. The fourth-order valence-corrected chi connectivity index (χ4v) is 5.45.